The number of hydrogen-bond donors (Lipinski definition) is 1. The van der Waals surface area contributed by atoms with Gasteiger partial charge in [-0.05, 0) is 26.0 Å². The van der Waals surface area contributed by atoms with Gasteiger partial charge >= 0.3 is 0 Å². The second-order valence-electron chi connectivity index (χ2n) is 2.74. The van der Waals surface area contributed by atoms with Crippen molar-refractivity contribution in [3.05, 3.63) is 29.3 Å². The standard InChI is InChI=1S/C8H9F2NO/c1-5-3-4-6(7(9)11-5)8(2,10)12/h3-4,12H,1-2H3. The van der Waals surface area contributed by atoms with Crippen molar-refractivity contribution in [2.45, 2.75) is 19.7 Å². The number of rotatable bonds is 1. The van der Waals surface area contributed by atoms with E-state index in [1.165, 1.54) is 12.1 Å². The largest absolute Gasteiger partial charge is 0.358 e. The van der Waals surface area contributed by atoms with Crippen LogP contribution in [0.15, 0.2) is 12.1 Å². The summed E-state index contributed by atoms with van der Waals surface area (Å²) in [6.07, 6.45) is 0. The summed E-state index contributed by atoms with van der Waals surface area (Å²) in [7, 11) is 0. The molecule has 0 fully saturated rings. The van der Waals surface area contributed by atoms with Crippen LogP contribution < -0.4 is 0 Å². The summed E-state index contributed by atoms with van der Waals surface area (Å²) >= 11 is 0. The van der Waals surface area contributed by atoms with Crippen molar-refractivity contribution >= 4 is 0 Å². The molecule has 1 unspecified atom stereocenters. The minimum Gasteiger partial charge on any atom is -0.358 e. The van der Waals surface area contributed by atoms with Crippen LogP contribution in [0.1, 0.15) is 18.2 Å². The fourth-order valence-corrected chi connectivity index (χ4v) is 0.865. The molecule has 1 atom stereocenters. The number of nitrogens with zero attached hydrogens (tertiary/aromatic N) is 1. The molecule has 4 heteroatoms. The van der Waals surface area contributed by atoms with E-state index >= 15 is 0 Å². The molecule has 2 nitrogen and oxygen atoms in total. The van der Waals surface area contributed by atoms with Crippen molar-refractivity contribution in [3.63, 3.8) is 0 Å². The van der Waals surface area contributed by atoms with E-state index in [1.807, 2.05) is 0 Å². The fourth-order valence-electron chi connectivity index (χ4n) is 0.865. The molecule has 0 radical (unpaired) electrons. The minimum absolute atomic E-state index is 0.437. The second kappa shape index (κ2) is 2.79. The molecule has 0 amide bonds. The van der Waals surface area contributed by atoms with E-state index in [1.54, 1.807) is 6.92 Å². The molecule has 0 aromatic carbocycles. The molecule has 0 bridgehead atoms. The van der Waals surface area contributed by atoms with Crippen LogP contribution in [0.4, 0.5) is 8.78 Å². The van der Waals surface area contributed by atoms with Crippen LogP contribution in [0, 0.1) is 12.9 Å². The number of alkyl halides is 1. The zero-order valence-corrected chi connectivity index (χ0v) is 6.81. The van der Waals surface area contributed by atoms with Crippen LogP contribution in [0.25, 0.3) is 0 Å². The first kappa shape index (κ1) is 9.06. The number of hydrogen-bond acceptors (Lipinski definition) is 2. The number of pyridine rings is 1. The average Bonchev–Trinajstić information content (AvgIpc) is 1.83. The lowest BCUT2D eigenvalue weighted by Crippen LogP contribution is -2.16. The molecule has 0 aliphatic heterocycles. The van der Waals surface area contributed by atoms with Gasteiger partial charge in [0, 0.05) is 5.69 Å². The molecule has 12 heavy (non-hydrogen) atoms. The van der Waals surface area contributed by atoms with Crippen LogP contribution >= 0.6 is 0 Å². The van der Waals surface area contributed by atoms with E-state index < -0.39 is 17.4 Å². The van der Waals surface area contributed by atoms with E-state index in [4.69, 9.17) is 5.11 Å². The summed E-state index contributed by atoms with van der Waals surface area (Å²) in [4.78, 5) is 3.37. The molecular formula is C8H9F2NO. The van der Waals surface area contributed by atoms with Gasteiger partial charge in [-0.2, -0.15) is 4.39 Å². The normalized spacial score (nSPS) is 15.8. The third-order valence-corrected chi connectivity index (χ3v) is 1.48. The Labute approximate surface area is 68.9 Å². The summed E-state index contributed by atoms with van der Waals surface area (Å²) < 4.78 is 25.6. The van der Waals surface area contributed by atoms with Crippen molar-refractivity contribution in [1.29, 1.82) is 0 Å². The predicted molar refractivity (Wildman–Crippen MR) is 39.6 cm³/mol. The molecule has 0 saturated heterocycles. The zero-order chi connectivity index (χ0) is 9.35. The SMILES string of the molecule is Cc1ccc(C(C)(O)F)c(F)n1. The van der Waals surface area contributed by atoms with E-state index in [-0.39, 0.29) is 0 Å². The van der Waals surface area contributed by atoms with Crippen LogP contribution in [-0.4, -0.2) is 10.1 Å². The van der Waals surface area contributed by atoms with Gasteiger partial charge in [-0.25, -0.2) is 9.37 Å². The van der Waals surface area contributed by atoms with E-state index in [0.717, 1.165) is 6.92 Å². The summed E-state index contributed by atoms with van der Waals surface area (Å²) in [5.74, 6) is -3.63. The minimum atomic E-state index is -2.66. The van der Waals surface area contributed by atoms with Gasteiger partial charge in [0.05, 0.1) is 5.56 Å². The third kappa shape index (κ3) is 1.76. The Hall–Kier alpha value is -1.03. The Bertz CT molecular complexity index is 294. The Balaban J connectivity index is 3.19. The Kier molecular flexibility index (Phi) is 2.10. The quantitative estimate of drug-likeness (QED) is 0.655. The number of halogens is 2. The van der Waals surface area contributed by atoms with Crippen LogP contribution in [0.2, 0.25) is 0 Å². The fraction of sp³-hybridized carbons (Fsp3) is 0.375. The van der Waals surface area contributed by atoms with Gasteiger partial charge in [0.2, 0.25) is 11.8 Å². The Morgan fingerprint density at radius 3 is 2.50 bits per heavy atom. The molecule has 66 valence electrons. The zero-order valence-electron chi connectivity index (χ0n) is 6.81. The molecule has 0 saturated carbocycles. The van der Waals surface area contributed by atoms with E-state index in [2.05, 4.69) is 4.98 Å². The summed E-state index contributed by atoms with van der Waals surface area (Å²) in [6.45, 7) is 2.45. The van der Waals surface area contributed by atoms with Crippen molar-refractivity contribution in [1.82, 2.24) is 4.98 Å². The highest BCUT2D eigenvalue weighted by Crippen LogP contribution is 2.23. The lowest BCUT2D eigenvalue weighted by Gasteiger charge is -2.13. The lowest BCUT2D eigenvalue weighted by atomic mass is 10.1. The van der Waals surface area contributed by atoms with Crippen molar-refractivity contribution < 1.29 is 13.9 Å². The monoisotopic (exact) mass is 173 g/mol. The first-order chi connectivity index (χ1) is 5.41. The molecule has 0 spiro atoms. The van der Waals surface area contributed by atoms with Crippen LogP contribution in [0.3, 0.4) is 0 Å². The molecule has 1 aromatic heterocycles. The van der Waals surface area contributed by atoms with Gasteiger partial charge < -0.3 is 5.11 Å². The van der Waals surface area contributed by atoms with Gasteiger partial charge in [0.1, 0.15) is 0 Å². The predicted octanol–water partition coefficient (Wildman–Crippen LogP) is 1.66. The molecule has 1 rings (SSSR count). The maximum Gasteiger partial charge on any atom is 0.234 e. The highest BCUT2D eigenvalue weighted by molar-refractivity contribution is 5.18. The van der Waals surface area contributed by atoms with Gasteiger partial charge in [-0.15, -0.1) is 0 Å². The number of aryl methyl sites for hydroxylation is 1. The highest BCUT2D eigenvalue weighted by atomic mass is 19.2. The number of aromatic nitrogens is 1. The Morgan fingerprint density at radius 2 is 2.08 bits per heavy atom. The summed E-state index contributed by atoms with van der Waals surface area (Å²) in [5, 5.41) is 8.81. The molecule has 1 N–H and O–H groups in total. The Morgan fingerprint density at radius 1 is 1.50 bits per heavy atom. The highest BCUT2D eigenvalue weighted by Gasteiger charge is 2.25. The average molecular weight is 173 g/mol. The van der Waals surface area contributed by atoms with Crippen molar-refractivity contribution in [2.75, 3.05) is 0 Å². The lowest BCUT2D eigenvalue weighted by molar-refractivity contribution is -0.0800. The topological polar surface area (TPSA) is 33.1 Å². The van der Waals surface area contributed by atoms with Crippen LogP contribution in [-0.2, 0) is 5.85 Å². The molecule has 0 aliphatic carbocycles. The third-order valence-electron chi connectivity index (χ3n) is 1.48. The van der Waals surface area contributed by atoms with Crippen LogP contribution in [0.5, 0.6) is 0 Å². The maximum absolute atomic E-state index is 12.8. The molecule has 1 aromatic rings. The molecular weight excluding hydrogens is 164 g/mol. The first-order valence-electron chi connectivity index (χ1n) is 3.46. The molecule has 1 heterocycles. The van der Waals surface area contributed by atoms with Gasteiger partial charge in [-0.1, -0.05) is 0 Å². The maximum atomic E-state index is 12.8. The first-order valence-corrected chi connectivity index (χ1v) is 3.46. The summed E-state index contributed by atoms with van der Waals surface area (Å²) in [5.41, 5.74) is 0.00796. The number of aliphatic hydroxyl groups is 1. The van der Waals surface area contributed by atoms with Gasteiger partial charge in [0.15, 0.2) is 0 Å². The van der Waals surface area contributed by atoms with Crippen molar-refractivity contribution in [2.24, 2.45) is 0 Å². The van der Waals surface area contributed by atoms with Crippen molar-refractivity contribution in [3.8, 4) is 0 Å². The van der Waals surface area contributed by atoms with E-state index in [9.17, 15) is 8.78 Å². The van der Waals surface area contributed by atoms with Gasteiger partial charge in [-0.3, -0.25) is 0 Å². The second-order valence-corrected chi connectivity index (χ2v) is 2.74. The smallest absolute Gasteiger partial charge is 0.234 e. The van der Waals surface area contributed by atoms with E-state index in [0.29, 0.717) is 5.69 Å². The van der Waals surface area contributed by atoms with Gasteiger partial charge in [0.25, 0.3) is 0 Å². The summed E-state index contributed by atoms with van der Waals surface area (Å²) in [6, 6.07) is 2.62. The molecule has 0 aliphatic rings.